The molecule has 32 heavy (non-hydrogen) atoms. The van der Waals surface area contributed by atoms with Crippen LogP contribution < -0.4 is 24.8 Å². The molecule has 10 heteroatoms. The molecule has 3 atom stereocenters. The summed E-state index contributed by atoms with van der Waals surface area (Å²) in [5.41, 5.74) is 7.24. The number of hydrogen-bond donors (Lipinski definition) is 2. The van der Waals surface area contributed by atoms with Crippen molar-refractivity contribution in [3.8, 4) is 23.0 Å². The summed E-state index contributed by atoms with van der Waals surface area (Å²) in [6.45, 7) is 0.798. The fourth-order valence-electron chi connectivity index (χ4n) is 4.67. The van der Waals surface area contributed by atoms with Gasteiger partial charge in [0, 0.05) is 23.6 Å². The number of thioether (sulfide) groups is 1. The molecule has 6 rings (SSSR count). The number of aromatic hydroxyl groups is 1. The van der Waals surface area contributed by atoms with Crippen LogP contribution in [0.5, 0.6) is 23.0 Å². The average Bonchev–Trinajstić information content (AvgIpc) is 3.02. The quantitative estimate of drug-likeness (QED) is 0.377. The number of benzene rings is 2. The lowest BCUT2D eigenvalue weighted by atomic mass is 9.77. The van der Waals surface area contributed by atoms with Gasteiger partial charge >= 0.3 is 5.97 Å². The third-order valence-electron chi connectivity index (χ3n) is 6.02. The first-order valence-corrected chi connectivity index (χ1v) is 10.8. The van der Waals surface area contributed by atoms with Crippen LogP contribution in [-0.4, -0.2) is 41.4 Å². The van der Waals surface area contributed by atoms with E-state index in [1.54, 1.807) is 24.3 Å². The molecular formula is C22H16N2O7S. The lowest BCUT2D eigenvalue weighted by Crippen LogP contribution is -2.39. The summed E-state index contributed by atoms with van der Waals surface area (Å²) in [5, 5.41) is 9.17. The number of phenolic OH excluding ortho intramolecular Hbond substituents is 1. The number of imide groups is 1. The molecule has 0 aliphatic carbocycles. The van der Waals surface area contributed by atoms with Gasteiger partial charge in [-0.05, 0) is 18.2 Å². The van der Waals surface area contributed by atoms with Crippen LogP contribution in [0.4, 0.5) is 5.69 Å². The van der Waals surface area contributed by atoms with E-state index in [0.29, 0.717) is 36.0 Å². The van der Waals surface area contributed by atoms with Gasteiger partial charge in [0.1, 0.15) is 30.0 Å². The first kappa shape index (κ1) is 19.1. The minimum atomic E-state index is -0.848. The van der Waals surface area contributed by atoms with E-state index < -0.39 is 34.9 Å². The lowest BCUT2D eigenvalue weighted by Gasteiger charge is -2.36. The second kappa shape index (κ2) is 6.67. The highest BCUT2D eigenvalue weighted by molar-refractivity contribution is 8.04. The van der Waals surface area contributed by atoms with Gasteiger partial charge in [0.25, 0.3) is 0 Å². The third kappa shape index (κ3) is 2.56. The number of ether oxygens (including phenoxy) is 3. The zero-order chi connectivity index (χ0) is 22.1. The molecule has 9 nitrogen and oxygen atoms in total. The van der Waals surface area contributed by atoms with Crippen molar-refractivity contribution in [2.45, 2.75) is 11.2 Å². The molecule has 0 radical (unpaired) electrons. The van der Waals surface area contributed by atoms with E-state index in [4.69, 9.17) is 19.9 Å². The summed E-state index contributed by atoms with van der Waals surface area (Å²) < 4.78 is 16.5. The maximum Gasteiger partial charge on any atom is 0.342 e. The maximum atomic E-state index is 13.6. The number of phenols is 1. The molecule has 2 amide bonds. The van der Waals surface area contributed by atoms with Gasteiger partial charge in [-0.15, -0.1) is 0 Å². The second-order valence-corrected chi connectivity index (χ2v) is 8.95. The van der Waals surface area contributed by atoms with Crippen molar-refractivity contribution < 1.29 is 33.7 Å². The number of hydrogen-bond acceptors (Lipinski definition) is 9. The fraction of sp³-hybridized carbons (Fsp3) is 0.227. The molecule has 2 aromatic rings. The Morgan fingerprint density at radius 3 is 2.56 bits per heavy atom. The summed E-state index contributed by atoms with van der Waals surface area (Å²) >= 11 is 1.00. The van der Waals surface area contributed by atoms with Crippen molar-refractivity contribution in [1.82, 2.24) is 0 Å². The van der Waals surface area contributed by atoms with Crippen LogP contribution in [0.3, 0.4) is 0 Å². The normalized spacial score (nSPS) is 25.8. The van der Waals surface area contributed by atoms with E-state index in [-0.39, 0.29) is 22.1 Å². The molecule has 0 aromatic heterocycles. The number of nitrogens with two attached hydrogens (primary N) is 1. The topological polar surface area (TPSA) is 128 Å². The number of esters is 1. The number of carbonyl (C=O) groups excluding carboxylic acids is 3. The minimum Gasteiger partial charge on any atom is -0.508 e. The smallest absolute Gasteiger partial charge is 0.342 e. The Kier molecular flexibility index (Phi) is 3.97. The van der Waals surface area contributed by atoms with Gasteiger partial charge in [-0.1, -0.05) is 17.8 Å². The van der Waals surface area contributed by atoms with Crippen LogP contribution >= 0.6 is 11.8 Å². The monoisotopic (exact) mass is 452 g/mol. The number of rotatable bonds is 1. The van der Waals surface area contributed by atoms with Crippen molar-refractivity contribution in [3.63, 3.8) is 0 Å². The molecule has 3 N–H and O–H groups in total. The van der Waals surface area contributed by atoms with Crippen LogP contribution in [0.2, 0.25) is 0 Å². The predicted octanol–water partition coefficient (Wildman–Crippen LogP) is 1.64. The molecule has 1 fully saturated rings. The van der Waals surface area contributed by atoms with Gasteiger partial charge in [-0.25, -0.2) is 9.69 Å². The Labute approximate surface area is 185 Å². The van der Waals surface area contributed by atoms with Crippen molar-refractivity contribution in [2.24, 2.45) is 11.7 Å². The first-order chi connectivity index (χ1) is 15.4. The Morgan fingerprint density at radius 2 is 1.75 bits per heavy atom. The SMILES string of the molecule is NC1=C2C(=O)Oc3cc(O)ccc3[C@H]2[C@H]2C(=O)N(c3ccc4c(c3)OCCO4)C(=O)[C@H]2S1. The highest BCUT2D eigenvalue weighted by Gasteiger charge is 2.58. The highest BCUT2D eigenvalue weighted by atomic mass is 32.2. The van der Waals surface area contributed by atoms with E-state index in [1.807, 2.05) is 0 Å². The molecule has 0 bridgehead atoms. The molecule has 4 aliphatic heterocycles. The summed E-state index contributed by atoms with van der Waals surface area (Å²) in [6.07, 6.45) is 0. The summed E-state index contributed by atoms with van der Waals surface area (Å²) in [4.78, 5) is 40.8. The Morgan fingerprint density at radius 1 is 0.969 bits per heavy atom. The van der Waals surface area contributed by atoms with Crippen LogP contribution in [0.15, 0.2) is 47.0 Å². The van der Waals surface area contributed by atoms with Crippen molar-refractivity contribution >= 4 is 35.2 Å². The zero-order valence-electron chi connectivity index (χ0n) is 16.4. The molecule has 1 saturated heterocycles. The molecule has 0 saturated carbocycles. The van der Waals surface area contributed by atoms with E-state index in [9.17, 15) is 19.5 Å². The van der Waals surface area contributed by atoms with Gasteiger partial charge in [0.15, 0.2) is 11.5 Å². The van der Waals surface area contributed by atoms with E-state index in [2.05, 4.69) is 0 Å². The molecular weight excluding hydrogens is 436 g/mol. The third-order valence-corrected chi connectivity index (χ3v) is 7.25. The van der Waals surface area contributed by atoms with Crippen molar-refractivity contribution in [1.29, 1.82) is 0 Å². The molecule has 162 valence electrons. The Bertz CT molecular complexity index is 1260. The number of carbonyl (C=O) groups is 3. The van der Waals surface area contributed by atoms with Crippen molar-refractivity contribution in [2.75, 3.05) is 18.1 Å². The van der Waals surface area contributed by atoms with Crippen LogP contribution in [0.25, 0.3) is 0 Å². The first-order valence-electron chi connectivity index (χ1n) is 9.93. The highest BCUT2D eigenvalue weighted by Crippen LogP contribution is 2.55. The lowest BCUT2D eigenvalue weighted by molar-refractivity contribution is -0.131. The Hall–Kier alpha value is -3.66. The maximum absolute atomic E-state index is 13.6. The van der Waals surface area contributed by atoms with Gasteiger partial charge in [0.05, 0.1) is 22.2 Å². The zero-order valence-corrected chi connectivity index (χ0v) is 17.3. The van der Waals surface area contributed by atoms with Crippen LogP contribution in [0, 0.1) is 5.92 Å². The molecule has 4 heterocycles. The molecule has 0 spiro atoms. The van der Waals surface area contributed by atoms with Crippen LogP contribution in [-0.2, 0) is 14.4 Å². The van der Waals surface area contributed by atoms with Crippen molar-refractivity contribution in [3.05, 3.63) is 52.6 Å². The number of amides is 2. The molecule has 0 unspecified atom stereocenters. The van der Waals surface area contributed by atoms with Crippen LogP contribution in [0.1, 0.15) is 11.5 Å². The molecule has 2 aromatic carbocycles. The predicted molar refractivity (Wildman–Crippen MR) is 112 cm³/mol. The minimum absolute atomic E-state index is 0.0783. The fourth-order valence-corrected chi connectivity index (χ4v) is 5.90. The number of fused-ring (bicyclic) bond motifs is 6. The van der Waals surface area contributed by atoms with E-state index in [0.717, 1.165) is 16.7 Å². The second-order valence-electron chi connectivity index (χ2n) is 7.77. The summed E-state index contributed by atoms with van der Waals surface area (Å²) in [6, 6.07) is 9.24. The van der Waals surface area contributed by atoms with Gasteiger partial charge < -0.3 is 25.1 Å². The Balaban J connectivity index is 1.46. The van der Waals surface area contributed by atoms with E-state index >= 15 is 0 Å². The van der Waals surface area contributed by atoms with Gasteiger partial charge in [0.2, 0.25) is 11.8 Å². The number of anilines is 1. The summed E-state index contributed by atoms with van der Waals surface area (Å²) in [7, 11) is 0. The largest absolute Gasteiger partial charge is 0.508 e. The standard InChI is InChI=1S/C22H16N2O7S/c23-19-17-15(11-3-2-10(25)8-13(11)31-22(17)28)16-18(32-19)21(27)24(20(16)26)9-1-4-12-14(7-9)30-6-5-29-12/h1-4,7-8,15-16,18,25H,5-6,23H2/t15-,16+,18-/m0/s1. The van der Waals surface area contributed by atoms with Gasteiger partial charge in [-0.2, -0.15) is 0 Å². The summed E-state index contributed by atoms with van der Waals surface area (Å²) in [5.74, 6) is -2.06. The number of nitrogens with zero attached hydrogens (tertiary/aromatic N) is 1. The van der Waals surface area contributed by atoms with Gasteiger partial charge in [-0.3, -0.25) is 9.59 Å². The average molecular weight is 452 g/mol. The molecule has 4 aliphatic rings. The van der Waals surface area contributed by atoms with E-state index in [1.165, 1.54) is 12.1 Å².